The van der Waals surface area contributed by atoms with Gasteiger partial charge in [-0.25, -0.2) is 0 Å². The monoisotopic (exact) mass is 282 g/mol. The Balaban J connectivity index is 1.95. The molecule has 0 aromatic heterocycles. The van der Waals surface area contributed by atoms with Gasteiger partial charge in [0.05, 0.1) is 6.10 Å². The van der Waals surface area contributed by atoms with E-state index in [4.69, 9.17) is 10.5 Å². The topological polar surface area (TPSA) is 38.5 Å². The molecule has 2 fully saturated rings. The van der Waals surface area contributed by atoms with Crippen LogP contribution in [0.2, 0.25) is 0 Å². The van der Waals surface area contributed by atoms with Gasteiger partial charge in [-0.05, 0) is 50.6 Å². The first-order valence-electron chi connectivity index (χ1n) is 8.84. The summed E-state index contributed by atoms with van der Waals surface area (Å²) in [6.07, 6.45) is 9.75. The average molecular weight is 282 g/mol. The third-order valence-corrected chi connectivity index (χ3v) is 5.40. The molecule has 4 atom stereocenters. The molecule has 1 aliphatic carbocycles. The van der Waals surface area contributed by atoms with Gasteiger partial charge in [0.2, 0.25) is 0 Å². The first kappa shape index (κ1) is 16.3. The lowest BCUT2D eigenvalue weighted by Gasteiger charge is -2.43. The predicted octanol–water partition coefficient (Wildman–Crippen LogP) is 3.03. The van der Waals surface area contributed by atoms with Crippen LogP contribution in [0.4, 0.5) is 0 Å². The number of ether oxygens (including phenoxy) is 1. The van der Waals surface area contributed by atoms with Gasteiger partial charge < -0.3 is 10.5 Å². The molecule has 0 amide bonds. The summed E-state index contributed by atoms with van der Waals surface area (Å²) < 4.78 is 5.85. The lowest BCUT2D eigenvalue weighted by atomic mass is 9.76. The van der Waals surface area contributed by atoms with E-state index in [2.05, 4.69) is 18.7 Å². The zero-order chi connectivity index (χ0) is 14.4. The number of likely N-dealkylation sites (N-methyl/N-ethyl adjacent to an activating group) is 1. The number of nitrogens with zero attached hydrogens (tertiary/aromatic N) is 1. The summed E-state index contributed by atoms with van der Waals surface area (Å²) in [4.78, 5) is 2.68. The number of hydrogen-bond acceptors (Lipinski definition) is 3. The number of rotatable bonds is 7. The van der Waals surface area contributed by atoms with Crippen molar-refractivity contribution in [3.05, 3.63) is 0 Å². The van der Waals surface area contributed by atoms with Crippen molar-refractivity contribution in [2.45, 2.75) is 70.9 Å². The fraction of sp³-hybridized carbons (Fsp3) is 1.00. The molecule has 1 heterocycles. The van der Waals surface area contributed by atoms with Crippen LogP contribution >= 0.6 is 0 Å². The van der Waals surface area contributed by atoms with Crippen LogP contribution < -0.4 is 5.73 Å². The highest BCUT2D eigenvalue weighted by molar-refractivity contribution is 4.88. The van der Waals surface area contributed by atoms with E-state index in [1.165, 1.54) is 44.9 Å². The molecule has 118 valence electrons. The van der Waals surface area contributed by atoms with Gasteiger partial charge >= 0.3 is 0 Å². The van der Waals surface area contributed by atoms with E-state index in [0.717, 1.165) is 32.2 Å². The van der Waals surface area contributed by atoms with Crippen LogP contribution in [0, 0.1) is 11.8 Å². The molecular weight excluding hydrogens is 248 g/mol. The second kappa shape index (κ2) is 8.35. The van der Waals surface area contributed by atoms with Crippen molar-refractivity contribution < 1.29 is 4.74 Å². The second-order valence-electron chi connectivity index (χ2n) is 6.75. The maximum absolute atomic E-state index is 6.06. The minimum atomic E-state index is 0.472. The second-order valence-corrected chi connectivity index (χ2v) is 6.75. The molecule has 0 bridgehead atoms. The Labute approximate surface area is 125 Å². The Morgan fingerprint density at radius 3 is 2.65 bits per heavy atom. The fourth-order valence-corrected chi connectivity index (χ4v) is 4.24. The summed E-state index contributed by atoms with van der Waals surface area (Å²) >= 11 is 0. The van der Waals surface area contributed by atoms with Crippen molar-refractivity contribution in [1.82, 2.24) is 4.90 Å². The van der Waals surface area contributed by atoms with E-state index in [0.29, 0.717) is 18.1 Å². The highest BCUT2D eigenvalue weighted by Crippen LogP contribution is 2.34. The van der Waals surface area contributed by atoms with Gasteiger partial charge in [-0.3, -0.25) is 4.90 Å². The Hall–Kier alpha value is -0.120. The van der Waals surface area contributed by atoms with Crippen molar-refractivity contribution in [2.75, 3.05) is 26.2 Å². The lowest BCUT2D eigenvalue weighted by Crippen LogP contribution is -2.49. The highest BCUT2D eigenvalue weighted by atomic mass is 16.5. The van der Waals surface area contributed by atoms with Crippen LogP contribution in [0.5, 0.6) is 0 Å². The van der Waals surface area contributed by atoms with Gasteiger partial charge in [-0.2, -0.15) is 0 Å². The van der Waals surface area contributed by atoms with Crippen molar-refractivity contribution in [1.29, 1.82) is 0 Å². The number of nitrogens with two attached hydrogens (primary N) is 1. The fourth-order valence-electron chi connectivity index (χ4n) is 4.24. The van der Waals surface area contributed by atoms with Crippen LogP contribution in [-0.2, 0) is 4.74 Å². The molecule has 4 unspecified atom stereocenters. The lowest BCUT2D eigenvalue weighted by molar-refractivity contribution is 0.0252. The van der Waals surface area contributed by atoms with Gasteiger partial charge in [-0.15, -0.1) is 0 Å². The molecule has 3 nitrogen and oxygen atoms in total. The molecular formula is C17H34N2O. The smallest absolute Gasteiger partial charge is 0.0702 e. The van der Waals surface area contributed by atoms with Crippen LogP contribution in [0.25, 0.3) is 0 Å². The summed E-state index contributed by atoms with van der Waals surface area (Å²) in [7, 11) is 0. The van der Waals surface area contributed by atoms with E-state index in [-0.39, 0.29) is 0 Å². The Morgan fingerprint density at radius 1 is 1.20 bits per heavy atom. The molecule has 0 radical (unpaired) electrons. The van der Waals surface area contributed by atoms with E-state index in [1.54, 1.807) is 0 Å². The van der Waals surface area contributed by atoms with Crippen molar-refractivity contribution in [3.63, 3.8) is 0 Å². The zero-order valence-corrected chi connectivity index (χ0v) is 13.5. The van der Waals surface area contributed by atoms with E-state index in [9.17, 15) is 0 Å². The van der Waals surface area contributed by atoms with Gasteiger partial charge in [0.25, 0.3) is 0 Å². The minimum absolute atomic E-state index is 0.472. The Morgan fingerprint density at radius 2 is 2.05 bits per heavy atom. The average Bonchev–Trinajstić information content (AvgIpc) is 2.98. The first-order chi connectivity index (χ1) is 9.78. The summed E-state index contributed by atoms with van der Waals surface area (Å²) in [6, 6.07) is 0.694. The van der Waals surface area contributed by atoms with Crippen LogP contribution in [0.1, 0.15) is 58.8 Å². The standard InChI is InChI=1S/C17H34N2O/c1-3-6-14-8-9-15(12-18)17(11-14)19(4-2)13-16-7-5-10-20-16/h14-17H,3-13,18H2,1-2H3. The van der Waals surface area contributed by atoms with Crippen molar-refractivity contribution in [3.8, 4) is 0 Å². The molecule has 2 N–H and O–H groups in total. The molecule has 1 saturated heterocycles. The molecule has 1 saturated carbocycles. The molecule has 0 aromatic rings. The minimum Gasteiger partial charge on any atom is -0.377 e. The molecule has 1 aliphatic heterocycles. The number of hydrogen-bond donors (Lipinski definition) is 1. The normalized spacial score (nSPS) is 34.8. The quantitative estimate of drug-likeness (QED) is 0.780. The Bertz CT molecular complexity index is 266. The Kier molecular flexibility index (Phi) is 6.79. The van der Waals surface area contributed by atoms with Gasteiger partial charge in [0.15, 0.2) is 0 Å². The maximum atomic E-state index is 6.06. The van der Waals surface area contributed by atoms with Gasteiger partial charge in [0, 0.05) is 19.2 Å². The zero-order valence-electron chi connectivity index (χ0n) is 13.5. The third kappa shape index (κ3) is 4.19. The van der Waals surface area contributed by atoms with E-state index in [1.807, 2.05) is 0 Å². The molecule has 0 spiro atoms. The predicted molar refractivity (Wildman–Crippen MR) is 84.8 cm³/mol. The summed E-state index contributed by atoms with van der Waals surface area (Å²) in [5, 5.41) is 0. The molecule has 0 aromatic carbocycles. The molecule has 2 rings (SSSR count). The molecule has 3 heteroatoms. The van der Waals surface area contributed by atoms with Crippen molar-refractivity contribution >= 4 is 0 Å². The maximum Gasteiger partial charge on any atom is 0.0702 e. The largest absolute Gasteiger partial charge is 0.377 e. The van der Waals surface area contributed by atoms with Crippen molar-refractivity contribution in [2.24, 2.45) is 17.6 Å². The van der Waals surface area contributed by atoms with Gasteiger partial charge in [-0.1, -0.05) is 33.1 Å². The van der Waals surface area contributed by atoms with Crippen LogP contribution in [0.15, 0.2) is 0 Å². The summed E-state index contributed by atoms with van der Waals surface area (Å²) in [6.45, 7) is 8.69. The van der Waals surface area contributed by atoms with Crippen LogP contribution in [0.3, 0.4) is 0 Å². The molecule has 20 heavy (non-hydrogen) atoms. The SMILES string of the molecule is CCCC1CCC(CN)C(N(CC)CC2CCCO2)C1. The molecule has 2 aliphatic rings. The summed E-state index contributed by atoms with van der Waals surface area (Å²) in [5.41, 5.74) is 6.06. The highest BCUT2D eigenvalue weighted by Gasteiger charge is 2.34. The van der Waals surface area contributed by atoms with Crippen LogP contribution in [-0.4, -0.2) is 43.3 Å². The first-order valence-corrected chi connectivity index (χ1v) is 8.84. The van der Waals surface area contributed by atoms with E-state index >= 15 is 0 Å². The summed E-state index contributed by atoms with van der Waals surface area (Å²) in [5.74, 6) is 1.62. The third-order valence-electron chi connectivity index (χ3n) is 5.40. The van der Waals surface area contributed by atoms with Gasteiger partial charge in [0.1, 0.15) is 0 Å². The van der Waals surface area contributed by atoms with E-state index < -0.39 is 0 Å².